The van der Waals surface area contributed by atoms with E-state index in [9.17, 15) is 9.18 Å². The van der Waals surface area contributed by atoms with Crippen LogP contribution in [-0.4, -0.2) is 23.3 Å². The first-order chi connectivity index (χ1) is 10.7. The summed E-state index contributed by atoms with van der Waals surface area (Å²) in [7, 11) is 0. The van der Waals surface area contributed by atoms with Crippen LogP contribution in [0.2, 0.25) is 0 Å². The minimum absolute atomic E-state index is 0.246. The monoisotopic (exact) mass is 297 g/mol. The second kappa shape index (κ2) is 6.39. The number of rotatable bonds is 3. The molecule has 3 rings (SSSR count). The Balaban J connectivity index is 1.63. The Morgan fingerprint density at radius 1 is 1.18 bits per heavy atom. The third kappa shape index (κ3) is 3.31. The maximum atomic E-state index is 13.2. The fourth-order valence-corrected chi connectivity index (χ4v) is 2.30. The van der Waals surface area contributed by atoms with Crippen LogP contribution in [0.1, 0.15) is 22.3 Å². The van der Waals surface area contributed by atoms with Gasteiger partial charge in [-0.05, 0) is 23.8 Å². The molecule has 112 valence electrons. The number of carbonyl (C=O) groups excluding carboxylic acids is 1. The highest BCUT2D eigenvalue weighted by atomic mass is 19.1. The molecule has 1 heterocycles. The van der Waals surface area contributed by atoms with Gasteiger partial charge in [0.05, 0.1) is 6.54 Å². The molecule has 1 amide bonds. The maximum Gasteiger partial charge on any atom is 0.272 e. The van der Waals surface area contributed by atoms with E-state index in [1.165, 1.54) is 23.2 Å². The predicted molar refractivity (Wildman–Crippen MR) is 82.8 cm³/mol. The average molecular weight is 297 g/mol. The molecule has 0 bridgehead atoms. The number of benzene rings is 2. The van der Waals surface area contributed by atoms with E-state index in [1.807, 2.05) is 30.3 Å². The molecule has 0 radical (unpaired) electrons. The zero-order valence-electron chi connectivity index (χ0n) is 12.0. The molecular formula is C17H16FN3O. The first-order valence-electron chi connectivity index (χ1n) is 7.14. The molecule has 5 heteroatoms. The number of aliphatic imine (C=N–C) groups is 1. The molecule has 0 saturated carbocycles. The quantitative estimate of drug-likeness (QED) is 0.947. The molecule has 2 aromatic rings. The summed E-state index contributed by atoms with van der Waals surface area (Å²) in [4.78, 5) is 16.7. The molecule has 0 atom stereocenters. The van der Waals surface area contributed by atoms with Crippen molar-refractivity contribution in [1.29, 1.82) is 0 Å². The molecule has 1 N–H and O–H groups in total. The van der Waals surface area contributed by atoms with Gasteiger partial charge in [-0.2, -0.15) is 0 Å². The SMILES string of the molecule is O=C(c1cccc(F)c1)N1CCC(=NCc2ccccc2)N1. The summed E-state index contributed by atoms with van der Waals surface area (Å²) in [6.07, 6.45) is 0.674. The molecule has 22 heavy (non-hydrogen) atoms. The first kappa shape index (κ1) is 14.3. The Labute approximate surface area is 128 Å². The second-order valence-corrected chi connectivity index (χ2v) is 5.08. The smallest absolute Gasteiger partial charge is 0.272 e. The number of amidine groups is 1. The van der Waals surface area contributed by atoms with Gasteiger partial charge in [0.15, 0.2) is 0 Å². The van der Waals surface area contributed by atoms with Crippen molar-refractivity contribution in [3.05, 3.63) is 71.5 Å². The number of carbonyl (C=O) groups is 1. The fourth-order valence-electron chi connectivity index (χ4n) is 2.30. The zero-order chi connectivity index (χ0) is 15.4. The number of hydrogen-bond acceptors (Lipinski definition) is 2. The van der Waals surface area contributed by atoms with E-state index in [4.69, 9.17) is 0 Å². The maximum absolute atomic E-state index is 13.2. The Bertz CT molecular complexity index is 700. The Hall–Kier alpha value is -2.69. The van der Waals surface area contributed by atoms with Crippen molar-refractivity contribution in [3.8, 4) is 0 Å². The van der Waals surface area contributed by atoms with Crippen LogP contribution in [0.5, 0.6) is 0 Å². The van der Waals surface area contributed by atoms with Gasteiger partial charge in [0.25, 0.3) is 5.91 Å². The van der Waals surface area contributed by atoms with E-state index in [0.717, 1.165) is 11.4 Å². The Morgan fingerprint density at radius 2 is 2.00 bits per heavy atom. The number of nitrogens with zero attached hydrogens (tertiary/aromatic N) is 2. The lowest BCUT2D eigenvalue weighted by Crippen LogP contribution is -2.38. The molecule has 4 nitrogen and oxygen atoms in total. The standard InChI is InChI=1S/C17H16FN3O/c18-15-8-4-7-14(11-15)17(22)21-10-9-16(20-21)19-12-13-5-2-1-3-6-13/h1-8,11H,9-10,12H2,(H,19,20). The molecule has 2 aromatic carbocycles. The topological polar surface area (TPSA) is 44.7 Å². The molecule has 1 aliphatic heterocycles. The average Bonchev–Trinajstić information content (AvgIpc) is 3.02. The number of nitrogens with one attached hydrogen (secondary N) is 1. The van der Waals surface area contributed by atoms with Crippen LogP contribution in [0.15, 0.2) is 59.6 Å². The van der Waals surface area contributed by atoms with Crippen LogP contribution in [0, 0.1) is 5.82 Å². The van der Waals surface area contributed by atoms with Gasteiger partial charge in [0.1, 0.15) is 11.7 Å². The van der Waals surface area contributed by atoms with E-state index in [-0.39, 0.29) is 5.91 Å². The van der Waals surface area contributed by atoms with Crippen LogP contribution in [-0.2, 0) is 6.54 Å². The molecule has 0 aromatic heterocycles. The lowest BCUT2D eigenvalue weighted by Gasteiger charge is -2.15. The number of hydrogen-bond donors (Lipinski definition) is 1. The van der Waals surface area contributed by atoms with E-state index < -0.39 is 5.82 Å². The molecule has 0 unspecified atom stereocenters. The minimum atomic E-state index is -0.414. The summed E-state index contributed by atoms with van der Waals surface area (Å²) < 4.78 is 13.2. The summed E-state index contributed by atoms with van der Waals surface area (Å²) in [6.45, 7) is 1.11. The van der Waals surface area contributed by atoms with Crippen molar-refractivity contribution in [2.75, 3.05) is 6.54 Å². The molecule has 1 aliphatic rings. The highest BCUT2D eigenvalue weighted by molar-refractivity contribution is 5.97. The predicted octanol–water partition coefficient (Wildman–Crippen LogP) is 2.77. The largest absolute Gasteiger partial charge is 0.283 e. The van der Waals surface area contributed by atoms with Crippen molar-refractivity contribution in [2.24, 2.45) is 4.99 Å². The van der Waals surface area contributed by atoms with Crippen LogP contribution in [0.3, 0.4) is 0 Å². The summed E-state index contributed by atoms with van der Waals surface area (Å²) in [5.41, 5.74) is 4.44. The van der Waals surface area contributed by atoms with Crippen LogP contribution in [0.25, 0.3) is 0 Å². The Morgan fingerprint density at radius 3 is 2.77 bits per heavy atom. The highest BCUT2D eigenvalue weighted by Crippen LogP contribution is 2.10. The highest BCUT2D eigenvalue weighted by Gasteiger charge is 2.23. The van der Waals surface area contributed by atoms with Crippen LogP contribution < -0.4 is 5.43 Å². The van der Waals surface area contributed by atoms with Gasteiger partial charge in [-0.1, -0.05) is 36.4 Å². The molecule has 1 fully saturated rings. The van der Waals surface area contributed by atoms with Gasteiger partial charge in [-0.3, -0.25) is 20.2 Å². The number of halogens is 1. The summed E-state index contributed by atoms with van der Waals surface area (Å²) in [6, 6.07) is 15.6. The lowest BCUT2D eigenvalue weighted by atomic mass is 10.2. The third-order valence-corrected chi connectivity index (χ3v) is 3.45. The van der Waals surface area contributed by atoms with Crippen molar-refractivity contribution in [1.82, 2.24) is 10.4 Å². The van der Waals surface area contributed by atoms with Gasteiger partial charge in [0, 0.05) is 18.5 Å². The fraction of sp³-hybridized carbons (Fsp3) is 0.176. The van der Waals surface area contributed by atoms with Crippen molar-refractivity contribution >= 4 is 11.7 Å². The van der Waals surface area contributed by atoms with E-state index >= 15 is 0 Å². The van der Waals surface area contributed by atoms with Gasteiger partial charge in [0.2, 0.25) is 0 Å². The normalized spacial score (nSPS) is 15.9. The van der Waals surface area contributed by atoms with Gasteiger partial charge < -0.3 is 0 Å². The van der Waals surface area contributed by atoms with Crippen molar-refractivity contribution < 1.29 is 9.18 Å². The lowest BCUT2D eigenvalue weighted by molar-refractivity contribution is 0.0741. The van der Waals surface area contributed by atoms with E-state index in [2.05, 4.69) is 10.4 Å². The van der Waals surface area contributed by atoms with Crippen molar-refractivity contribution in [3.63, 3.8) is 0 Å². The van der Waals surface area contributed by atoms with Crippen molar-refractivity contribution in [2.45, 2.75) is 13.0 Å². The van der Waals surface area contributed by atoms with Crippen LogP contribution in [0.4, 0.5) is 4.39 Å². The minimum Gasteiger partial charge on any atom is -0.283 e. The van der Waals surface area contributed by atoms with Gasteiger partial charge in [-0.25, -0.2) is 4.39 Å². The Kier molecular flexibility index (Phi) is 4.14. The molecule has 0 aliphatic carbocycles. The first-order valence-corrected chi connectivity index (χ1v) is 7.14. The van der Waals surface area contributed by atoms with E-state index in [0.29, 0.717) is 25.1 Å². The second-order valence-electron chi connectivity index (χ2n) is 5.08. The van der Waals surface area contributed by atoms with Gasteiger partial charge >= 0.3 is 0 Å². The van der Waals surface area contributed by atoms with E-state index in [1.54, 1.807) is 6.07 Å². The third-order valence-electron chi connectivity index (χ3n) is 3.45. The molecule has 1 saturated heterocycles. The molecule has 0 spiro atoms. The summed E-state index contributed by atoms with van der Waals surface area (Å²) >= 11 is 0. The van der Waals surface area contributed by atoms with Crippen LogP contribution >= 0.6 is 0 Å². The van der Waals surface area contributed by atoms with Gasteiger partial charge in [-0.15, -0.1) is 0 Å². The summed E-state index contributed by atoms with van der Waals surface area (Å²) in [5, 5.41) is 1.47. The zero-order valence-corrected chi connectivity index (χ0v) is 12.0. The number of amides is 1. The number of hydrazine groups is 1. The molecular weight excluding hydrogens is 281 g/mol. The summed E-state index contributed by atoms with van der Waals surface area (Å²) in [5.74, 6) is 0.112.